The van der Waals surface area contributed by atoms with Crippen LogP contribution in [0.15, 0.2) is 36.7 Å². The lowest BCUT2D eigenvalue weighted by molar-refractivity contribution is 0.0836. The number of fused-ring (bicyclic) bond motifs is 1. The van der Waals surface area contributed by atoms with E-state index in [4.69, 9.17) is 4.74 Å². The van der Waals surface area contributed by atoms with E-state index in [9.17, 15) is 18.3 Å². The second kappa shape index (κ2) is 8.00. The third-order valence-corrected chi connectivity index (χ3v) is 5.47. The standard InChI is InChI=1S/C22H21F3N2O2/c1-12-20(23)7-16(8-21(12)24)29-15-5-14(6-15)27-10-19-17-2-3-26-9-18(17)13(11-28)4-22(19)25/h2-4,7-9,14-15,27-28H,5-6,10-11H2,1H3/t14-,15-. The molecule has 1 aliphatic carbocycles. The van der Waals surface area contributed by atoms with E-state index in [1.165, 1.54) is 25.1 Å². The molecular formula is C22H21F3N2O2. The summed E-state index contributed by atoms with van der Waals surface area (Å²) in [4.78, 5) is 4.06. The lowest BCUT2D eigenvalue weighted by Crippen LogP contribution is -2.46. The van der Waals surface area contributed by atoms with Crippen molar-refractivity contribution < 1.29 is 23.0 Å². The van der Waals surface area contributed by atoms with Gasteiger partial charge in [-0.1, -0.05) is 0 Å². The van der Waals surface area contributed by atoms with E-state index in [-0.39, 0.29) is 35.9 Å². The lowest BCUT2D eigenvalue weighted by atomic mass is 9.88. The number of hydrogen-bond donors (Lipinski definition) is 2. The van der Waals surface area contributed by atoms with Crippen molar-refractivity contribution in [2.75, 3.05) is 0 Å². The highest BCUT2D eigenvalue weighted by molar-refractivity contribution is 5.88. The molecule has 0 bridgehead atoms. The Labute approximate surface area is 166 Å². The van der Waals surface area contributed by atoms with Gasteiger partial charge in [-0.2, -0.15) is 0 Å². The molecule has 152 valence electrons. The van der Waals surface area contributed by atoms with Crippen molar-refractivity contribution in [1.82, 2.24) is 10.3 Å². The number of aliphatic hydroxyl groups is 1. The highest BCUT2D eigenvalue weighted by atomic mass is 19.1. The van der Waals surface area contributed by atoms with Crippen LogP contribution in [0.4, 0.5) is 13.2 Å². The van der Waals surface area contributed by atoms with Crippen LogP contribution in [0.3, 0.4) is 0 Å². The molecule has 2 aromatic carbocycles. The molecule has 0 spiro atoms. The van der Waals surface area contributed by atoms with Gasteiger partial charge in [0, 0.05) is 53.6 Å². The fourth-order valence-electron chi connectivity index (χ4n) is 3.63. The predicted octanol–water partition coefficient (Wildman–Crippen LogP) is 4.15. The summed E-state index contributed by atoms with van der Waals surface area (Å²) in [6.45, 7) is 1.45. The largest absolute Gasteiger partial charge is 0.490 e. The van der Waals surface area contributed by atoms with Crippen molar-refractivity contribution in [2.24, 2.45) is 0 Å². The second-order valence-corrected chi connectivity index (χ2v) is 7.38. The molecule has 0 atom stereocenters. The number of benzene rings is 2. The Morgan fingerprint density at radius 1 is 1.10 bits per heavy atom. The van der Waals surface area contributed by atoms with E-state index in [2.05, 4.69) is 10.3 Å². The zero-order valence-electron chi connectivity index (χ0n) is 15.9. The number of ether oxygens (including phenoxy) is 1. The average molecular weight is 402 g/mol. The number of pyridine rings is 1. The maximum atomic E-state index is 14.5. The Balaban J connectivity index is 1.38. The van der Waals surface area contributed by atoms with Crippen LogP contribution in [0.5, 0.6) is 5.75 Å². The monoisotopic (exact) mass is 402 g/mol. The molecule has 0 unspecified atom stereocenters. The normalized spacial score (nSPS) is 18.7. The number of halogens is 3. The minimum absolute atomic E-state index is 0.0258. The summed E-state index contributed by atoms with van der Waals surface area (Å²) in [5.74, 6) is -1.45. The highest BCUT2D eigenvalue weighted by Gasteiger charge is 2.31. The van der Waals surface area contributed by atoms with Crippen molar-refractivity contribution >= 4 is 10.8 Å². The molecule has 0 radical (unpaired) electrons. The summed E-state index contributed by atoms with van der Waals surface area (Å²) < 4.78 is 47.4. The number of rotatable bonds is 6. The molecule has 2 N–H and O–H groups in total. The van der Waals surface area contributed by atoms with Crippen LogP contribution >= 0.6 is 0 Å². The van der Waals surface area contributed by atoms with E-state index >= 15 is 0 Å². The Kier molecular flexibility index (Phi) is 5.43. The summed E-state index contributed by atoms with van der Waals surface area (Å²) in [5.41, 5.74) is 0.998. The Morgan fingerprint density at radius 2 is 1.83 bits per heavy atom. The number of hydrogen-bond acceptors (Lipinski definition) is 4. The van der Waals surface area contributed by atoms with Crippen molar-refractivity contribution in [3.05, 3.63) is 70.8 Å². The summed E-state index contributed by atoms with van der Waals surface area (Å²) in [5, 5.41) is 14.2. The van der Waals surface area contributed by atoms with Gasteiger partial charge in [-0.15, -0.1) is 0 Å². The number of aliphatic hydroxyl groups excluding tert-OH is 1. The fourth-order valence-corrected chi connectivity index (χ4v) is 3.63. The van der Waals surface area contributed by atoms with Crippen LogP contribution in [-0.4, -0.2) is 22.2 Å². The molecule has 1 heterocycles. The Bertz CT molecular complexity index is 1030. The number of aromatic nitrogens is 1. The first-order valence-corrected chi connectivity index (χ1v) is 9.46. The van der Waals surface area contributed by atoms with Gasteiger partial charge >= 0.3 is 0 Å². The van der Waals surface area contributed by atoms with Gasteiger partial charge in [0.15, 0.2) is 0 Å². The van der Waals surface area contributed by atoms with Crippen LogP contribution in [0.1, 0.15) is 29.5 Å². The van der Waals surface area contributed by atoms with Gasteiger partial charge in [-0.3, -0.25) is 4.98 Å². The van der Waals surface area contributed by atoms with Crippen molar-refractivity contribution in [3.8, 4) is 5.75 Å². The van der Waals surface area contributed by atoms with E-state index in [1.807, 2.05) is 0 Å². The maximum absolute atomic E-state index is 14.5. The molecular weight excluding hydrogens is 381 g/mol. The van der Waals surface area contributed by atoms with Crippen LogP contribution < -0.4 is 10.1 Å². The first-order valence-electron chi connectivity index (χ1n) is 9.46. The minimum Gasteiger partial charge on any atom is -0.490 e. The molecule has 1 aromatic heterocycles. The molecule has 3 aromatic rings. The van der Waals surface area contributed by atoms with Crippen LogP contribution in [0, 0.1) is 24.4 Å². The van der Waals surface area contributed by atoms with Crippen LogP contribution in [0.25, 0.3) is 10.8 Å². The quantitative estimate of drug-likeness (QED) is 0.650. The fraction of sp³-hybridized carbons (Fsp3) is 0.318. The number of nitrogens with one attached hydrogen (secondary N) is 1. The SMILES string of the molecule is Cc1c(F)cc(O[C@H]2C[C@H](NCc3c(F)cc(CO)c4cnccc34)C2)cc1F. The summed E-state index contributed by atoms with van der Waals surface area (Å²) in [6.07, 6.45) is 4.40. The van der Waals surface area contributed by atoms with Gasteiger partial charge in [0.25, 0.3) is 0 Å². The van der Waals surface area contributed by atoms with Gasteiger partial charge in [0.05, 0.1) is 6.61 Å². The zero-order chi connectivity index (χ0) is 20.5. The third kappa shape index (κ3) is 3.93. The molecule has 29 heavy (non-hydrogen) atoms. The second-order valence-electron chi connectivity index (χ2n) is 7.38. The third-order valence-electron chi connectivity index (χ3n) is 5.47. The van der Waals surface area contributed by atoms with E-state index in [1.54, 1.807) is 18.5 Å². The maximum Gasteiger partial charge on any atom is 0.132 e. The lowest BCUT2D eigenvalue weighted by Gasteiger charge is -2.36. The first kappa shape index (κ1) is 19.7. The molecule has 0 amide bonds. The van der Waals surface area contributed by atoms with Crippen molar-refractivity contribution in [1.29, 1.82) is 0 Å². The van der Waals surface area contributed by atoms with Crippen LogP contribution in [-0.2, 0) is 13.2 Å². The van der Waals surface area contributed by atoms with Crippen molar-refractivity contribution in [2.45, 2.75) is 45.1 Å². The van der Waals surface area contributed by atoms with Gasteiger partial charge < -0.3 is 15.2 Å². The molecule has 4 rings (SSSR count). The smallest absolute Gasteiger partial charge is 0.132 e. The molecule has 1 aliphatic rings. The van der Waals surface area contributed by atoms with Gasteiger partial charge in [0.1, 0.15) is 29.3 Å². The highest BCUT2D eigenvalue weighted by Crippen LogP contribution is 2.30. The minimum atomic E-state index is -0.628. The summed E-state index contributed by atoms with van der Waals surface area (Å²) >= 11 is 0. The first-order chi connectivity index (χ1) is 14.0. The molecule has 0 saturated heterocycles. The summed E-state index contributed by atoms with van der Waals surface area (Å²) in [7, 11) is 0. The van der Waals surface area contributed by atoms with Gasteiger partial charge in [-0.05, 0) is 42.8 Å². The summed E-state index contributed by atoms with van der Waals surface area (Å²) in [6, 6.07) is 5.58. The molecule has 7 heteroatoms. The topological polar surface area (TPSA) is 54.4 Å². The van der Waals surface area contributed by atoms with E-state index in [0.717, 1.165) is 5.39 Å². The van der Waals surface area contributed by atoms with Gasteiger partial charge in [0.2, 0.25) is 0 Å². The van der Waals surface area contributed by atoms with E-state index in [0.29, 0.717) is 35.9 Å². The van der Waals surface area contributed by atoms with Crippen LogP contribution in [0.2, 0.25) is 0 Å². The predicted molar refractivity (Wildman–Crippen MR) is 103 cm³/mol. The van der Waals surface area contributed by atoms with E-state index < -0.39 is 11.6 Å². The Morgan fingerprint density at radius 3 is 2.52 bits per heavy atom. The Hall–Kier alpha value is -2.64. The molecule has 1 fully saturated rings. The zero-order valence-corrected chi connectivity index (χ0v) is 15.9. The molecule has 1 saturated carbocycles. The van der Waals surface area contributed by atoms with Crippen molar-refractivity contribution in [3.63, 3.8) is 0 Å². The molecule has 4 nitrogen and oxygen atoms in total. The van der Waals surface area contributed by atoms with Gasteiger partial charge in [-0.25, -0.2) is 13.2 Å². The number of nitrogens with zero attached hydrogens (tertiary/aromatic N) is 1. The molecule has 0 aliphatic heterocycles. The average Bonchev–Trinajstić information content (AvgIpc) is 2.68.